The average molecular weight is 792 g/mol. The highest BCUT2D eigenvalue weighted by atomic mass is 16.5. The molecule has 5 aliphatic heterocycles. The third kappa shape index (κ3) is 6.46. The van der Waals surface area contributed by atoms with E-state index in [1.165, 1.54) is 53.6 Å². The van der Waals surface area contributed by atoms with Crippen molar-refractivity contribution in [3.05, 3.63) is 118 Å². The van der Waals surface area contributed by atoms with Gasteiger partial charge in [-0.15, -0.1) is 0 Å². The Morgan fingerprint density at radius 1 is 0.814 bits per heavy atom. The molecule has 3 saturated heterocycles. The fourth-order valence-corrected chi connectivity index (χ4v) is 12.2. The number of hydrogen-bond acceptors (Lipinski definition) is 8. The van der Waals surface area contributed by atoms with Gasteiger partial charge in [0.15, 0.2) is 0 Å². The van der Waals surface area contributed by atoms with Gasteiger partial charge in [-0.1, -0.05) is 48.5 Å². The first kappa shape index (κ1) is 36.7. The molecule has 2 N–H and O–H groups in total. The second-order valence-corrected chi connectivity index (χ2v) is 18.5. The molecule has 4 atom stereocenters. The number of rotatable bonds is 6. The van der Waals surface area contributed by atoms with E-state index >= 15 is 0 Å². The number of aromatic hydroxyl groups is 1. The highest BCUT2D eigenvalue weighted by Crippen LogP contribution is 2.54. The lowest BCUT2D eigenvalue weighted by Crippen LogP contribution is -2.59. The molecule has 0 radical (unpaired) electrons. The molecule has 4 aromatic rings. The number of aryl methyl sites for hydroxylation is 1. The van der Waals surface area contributed by atoms with Crippen molar-refractivity contribution in [3.63, 3.8) is 0 Å². The number of phenols is 1. The van der Waals surface area contributed by atoms with Crippen LogP contribution in [0.3, 0.4) is 0 Å². The summed E-state index contributed by atoms with van der Waals surface area (Å²) in [4.78, 5) is 47.1. The maximum absolute atomic E-state index is 13.4. The molecular formula is C49H53N5O5. The van der Waals surface area contributed by atoms with Crippen molar-refractivity contribution in [2.75, 3.05) is 55.7 Å². The Morgan fingerprint density at radius 2 is 1.63 bits per heavy atom. The lowest BCUT2D eigenvalue weighted by atomic mass is 9.57. The zero-order valence-corrected chi connectivity index (χ0v) is 33.7. The number of ether oxygens (including phenoxy) is 1. The van der Waals surface area contributed by atoms with Gasteiger partial charge in [-0.05, 0) is 121 Å². The summed E-state index contributed by atoms with van der Waals surface area (Å²) in [7, 11) is 0. The third-order valence-electron chi connectivity index (χ3n) is 15.2. The number of carbonyl (C=O) groups excluding carboxylic acids is 3. The minimum atomic E-state index is -0.628. The first-order valence-corrected chi connectivity index (χ1v) is 21.9. The Bertz CT molecular complexity index is 2300. The number of piperidine rings is 2. The fraction of sp³-hybridized carbons (Fsp3) is 0.449. The van der Waals surface area contributed by atoms with Gasteiger partial charge in [-0.25, -0.2) is 0 Å². The Balaban J connectivity index is 0.688. The molecule has 3 amide bonds. The summed E-state index contributed by atoms with van der Waals surface area (Å²) >= 11 is 0. The Kier molecular flexibility index (Phi) is 8.98. The molecule has 11 rings (SSSR count). The summed E-state index contributed by atoms with van der Waals surface area (Å²) in [5, 5.41) is 12.7. The first-order valence-electron chi connectivity index (χ1n) is 21.9. The van der Waals surface area contributed by atoms with Crippen LogP contribution in [0.15, 0.2) is 84.9 Å². The van der Waals surface area contributed by atoms with Crippen molar-refractivity contribution < 1.29 is 24.2 Å². The van der Waals surface area contributed by atoms with Gasteiger partial charge in [0.2, 0.25) is 11.8 Å². The molecule has 2 aliphatic carbocycles. The van der Waals surface area contributed by atoms with Gasteiger partial charge >= 0.3 is 0 Å². The number of amides is 3. The van der Waals surface area contributed by atoms with Gasteiger partial charge in [0.05, 0.1) is 18.3 Å². The van der Waals surface area contributed by atoms with Gasteiger partial charge < -0.3 is 24.5 Å². The molecule has 1 unspecified atom stereocenters. The van der Waals surface area contributed by atoms with Crippen molar-refractivity contribution in [2.45, 2.75) is 81.8 Å². The van der Waals surface area contributed by atoms with E-state index in [9.17, 15) is 19.5 Å². The molecular weight excluding hydrogens is 739 g/mol. The van der Waals surface area contributed by atoms with Crippen molar-refractivity contribution >= 4 is 29.1 Å². The van der Waals surface area contributed by atoms with Crippen LogP contribution in [0.2, 0.25) is 0 Å². The number of nitrogens with zero attached hydrogens (tertiary/aromatic N) is 4. The van der Waals surface area contributed by atoms with Crippen LogP contribution in [0.25, 0.3) is 0 Å². The third-order valence-corrected chi connectivity index (χ3v) is 15.2. The van der Waals surface area contributed by atoms with Crippen LogP contribution in [0.5, 0.6) is 11.5 Å². The van der Waals surface area contributed by atoms with E-state index in [1.54, 1.807) is 4.90 Å². The van der Waals surface area contributed by atoms with E-state index in [0.717, 1.165) is 75.0 Å². The molecule has 10 nitrogen and oxygen atoms in total. The Morgan fingerprint density at radius 3 is 2.42 bits per heavy atom. The largest absolute Gasteiger partial charge is 0.508 e. The minimum Gasteiger partial charge on any atom is -0.508 e. The van der Waals surface area contributed by atoms with Crippen molar-refractivity contribution in [2.24, 2.45) is 11.3 Å². The van der Waals surface area contributed by atoms with E-state index in [4.69, 9.17) is 4.74 Å². The summed E-state index contributed by atoms with van der Waals surface area (Å²) < 4.78 is 6.46. The highest BCUT2D eigenvalue weighted by molar-refractivity contribution is 6.06. The maximum atomic E-state index is 13.4. The zero-order chi connectivity index (χ0) is 39.8. The average Bonchev–Trinajstić information content (AvgIpc) is 3.58. The van der Waals surface area contributed by atoms with Crippen LogP contribution >= 0.6 is 0 Å². The van der Waals surface area contributed by atoms with E-state index in [2.05, 4.69) is 80.7 Å². The number of imide groups is 1. The molecule has 7 aliphatic rings. The Hall–Kier alpha value is -5.35. The van der Waals surface area contributed by atoms with Gasteiger partial charge in [0.25, 0.3) is 5.91 Å². The van der Waals surface area contributed by atoms with Gasteiger partial charge in [-0.3, -0.25) is 24.6 Å². The molecule has 0 bridgehead atoms. The van der Waals surface area contributed by atoms with E-state index in [-0.39, 0.29) is 36.1 Å². The number of benzene rings is 4. The van der Waals surface area contributed by atoms with E-state index in [1.807, 2.05) is 24.3 Å². The molecule has 4 fully saturated rings. The second kappa shape index (κ2) is 14.4. The van der Waals surface area contributed by atoms with Gasteiger partial charge in [-0.2, -0.15) is 0 Å². The number of phenolic OH excluding ortho intramolecular Hbond substituents is 1. The first-order chi connectivity index (χ1) is 28.8. The van der Waals surface area contributed by atoms with Gasteiger partial charge in [0, 0.05) is 68.4 Å². The highest BCUT2D eigenvalue weighted by Gasteiger charge is 2.47. The van der Waals surface area contributed by atoms with E-state index < -0.39 is 6.04 Å². The quantitative estimate of drug-likeness (QED) is 0.211. The normalized spacial score (nSPS) is 26.4. The molecule has 5 heterocycles. The summed E-state index contributed by atoms with van der Waals surface area (Å²) in [5.41, 5.74) is 9.70. The van der Waals surface area contributed by atoms with Crippen molar-refractivity contribution in [3.8, 4) is 11.5 Å². The summed E-state index contributed by atoms with van der Waals surface area (Å²) in [5.74, 6) is 1.74. The number of anilines is 2. The fourth-order valence-electron chi connectivity index (χ4n) is 12.2. The lowest BCUT2D eigenvalue weighted by molar-refractivity contribution is -0.136. The number of carbonyl (C=O) groups is 3. The number of piperazine rings is 1. The summed E-state index contributed by atoms with van der Waals surface area (Å²) in [6.07, 6.45) is 7.83. The van der Waals surface area contributed by atoms with Gasteiger partial charge in [0.1, 0.15) is 24.1 Å². The Labute approximate surface area is 346 Å². The number of nitrogens with one attached hydrogen (secondary N) is 1. The lowest BCUT2D eigenvalue weighted by Gasteiger charge is -2.54. The smallest absolute Gasteiger partial charge is 0.255 e. The van der Waals surface area contributed by atoms with Crippen LogP contribution in [0.1, 0.15) is 95.0 Å². The molecule has 1 spiro atoms. The molecule has 4 aromatic carbocycles. The van der Waals surface area contributed by atoms with Crippen LogP contribution in [-0.2, 0) is 22.6 Å². The van der Waals surface area contributed by atoms with Crippen LogP contribution in [0, 0.1) is 11.3 Å². The van der Waals surface area contributed by atoms with Crippen molar-refractivity contribution in [1.82, 2.24) is 15.1 Å². The van der Waals surface area contributed by atoms with Crippen LogP contribution in [0.4, 0.5) is 11.4 Å². The van der Waals surface area contributed by atoms with Crippen molar-refractivity contribution in [1.29, 1.82) is 0 Å². The topological polar surface area (TPSA) is 106 Å². The second-order valence-electron chi connectivity index (χ2n) is 18.5. The molecule has 10 heteroatoms. The minimum absolute atomic E-state index is 0.159. The number of hydrogen-bond donors (Lipinski definition) is 2. The molecule has 304 valence electrons. The predicted octanol–water partition coefficient (Wildman–Crippen LogP) is 6.59. The van der Waals surface area contributed by atoms with Crippen LogP contribution in [-0.4, -0.2) is 90.6 Å². The maximum Gasteiger partial charge on any atom is 0.255 e. The summed E-state index contributed by atoms with van der Waals surface area (Å²) in [6, 6.07) is 29.9. The molecule has 1 saturated carbocycles. The zero-order valence-electron chi connectivity index (χ0n) is 33.7. The standard InChI is InChI=1S/C49H53N5O5/c55-37-11-13-39-34(24-37)8-12-38(32-4-2-1-3-5-32)45(39)33-6-9-35(10-7-33)52-20-18-49(19-21-52)25-31(26-49)27-51-22-23-53-36(28-51)30-59-46-41-29-54(43-16-17-44(56)50-47(43)57)48(58)40(41)14-15-42(46)53/h1-7,9-11,13-15,24,31,36,38,43,45,55H,8,12,16-23,25-30H2,(H,50,56,57)/t36-,38-,43?,45+/m1/s1. The summed E-state index contributed by atoms with van der Waals surface area (Å²) in [6.45, 7) is 7.22. The van der Waals surface area contributed by atoms with Crippen LogP contribution < -0.4 is 19.9 Å². The van der Waals surface area contributed by atoms with E-state index in [0.29, 0.717) is 42.2 Å². The molecule has 0 aromatic heterocycles. The monoisotopic (exact) mass is 791 g/mol. The molecule has 59 heavy (non-hydrogen) atoms. The SMILES string of the molecule is O=C1CCC(N2Cc3c(ccc4c3OC[C@H]3CN(CC5CC6(CCN(c7ccc([C@@H]8c9ccc(O)cc9CC[C@@H]8c8ccccc8)cc7)CC6)C5)CCN43)C2=O)C(=O)N1. The number of fused-ring (bicyclic) bond motifs is 6. The predicted molar refractivity (Wildman–Crippen MR) is 226 cm³/mol.